The Hall–Kier alpha value is -2.94. The van der Waals surface area contributed by atoms with E-state index in [9.17, 15) is 18.0 Å². The van der Waals surface area contributed by atoms with Crippen molar-refractivity contribution in [3.8, 4) is 11.4 Å². The van der Waals surface area contributed by atoms with Gasteiger partial charge in [-0.05, 0) is 43.3 Å². The Labute approximate surface area is 146 Å². The maximum Gasteiger partial charge on any atom is 0.422 e. The highest BCUT2D eigenvalue weighted by Crippen LogP contribution is 2.21. The van der Waals surface area contributed by atoms with E-state index < -0.39 is 18.8 Å². The number of fused-ring (bicyclic) bond motifs is 1. The van der Waals surface area contributed by atoms with Gasteiger partial charge in [0, 0.05) is 6.20 Å². The molecule has 0 aliphatic carbocycles. The molecule has 9 heteroatoms. The minimum atomic E-state index is -4.42. The van der Waals surface area contributed by atoms with Crippen LogP contribution in [0.25, 0.3) is 16.7 Å². The van der Waals surface area contributed by atoms with Gasteiger partial charge in [-0.3, -0.25) is 9.36 Å². The Bertz CT molecular complexity index is 982. The molecule has 0 unspecified atom stereocenters. The normalized spacial score (nSPS) is 13.0. The summed E-state index contributed by atoms with van der Waals surface area (Å²) in [6, 6.07) is 8.31. The molecule has 0 saturated heterocycles. The molecule has 1 atom stereocenters. The molecule has 0 bridgehead atoms. The van der Waals surface area contributed by atoms with Gasteiger partial charge in [-0.15, -0.1) is 0 Å². The second-order valence-corrected chi connectivity index (χ2v) is 5.67. The summed E-state index contributed by atoms with van der Waals surface area (Å²) in [5.74, 6) is 0.335. The van der Waals surface area contributed by atoms with Crippen LogP contribution in [-0.4, -0.2) is 27.3 Å². The van der Waals surface area contributed by atoms with E-state index in [-0.39, 0.29) is 17.0 Å². The van der Waals surface area contributed by atoms with E-state index in [4.69, 9.17) is 5.73 Å². The van der Waals surface area contributed by atoms with Crippen molar-refractivity contribution in [2.75, 3.05) is 6.61 Å². The Morgan fingerprint density at radius 2 is 1.92 bits per heavy atom. The molecule has 6 nitrogen and oxygen atoms in total. The number of hydrogen-bond acceptors (Lipinski definition) is 5. The zero-order valence-corrected chi connectivity index (χ0v) is 13.7. The molecule has 0 radical (unpaired) electrons. The van der Waals surface area contributed by atoms with E-state index in [1.54, 1.807) is 19.1 Å². The van der Waals surface area contributed by atoms with Gasteiger partial charge in [0.2, 0.25) is 0 Å². The smallest absolute Gasteiger partial charge is 0.422 e. The number of ether oxygens (including phenoxy) is 1. The number of alkyl halides is 3. The molecule has 0 amide bonds. The third kappa shape index (κ3) is 3.67. The van der Waals surface area contributed by atoms with Crippen LogP contribution >= 0.6 is 0 Å². The first kappa shape index (κ1) is 17.9. The van der Waals surface area contributed by atoms with Crippen LogP contribution < -0.4 is 16.0 Å². The number of nitrogens with two attached hydrogens (primary N) is 1. The van der Waals surface area contributed by atoms with Crippen LogP contribution in [0.1, 0.15) is 18.8 Å². The monoisotopic (exact) mass is 364 g/mol. The van der Waals surface area contributed by atoms with Crippen molar-refractivity contribution in [3.05, 3.63) is 58.8 Å². The third-order valence-corrected chi connectivity index (χ3v) is 3.57. The average molecular weight is 364 g/mol. The fourth-order valence-corrected chi connectivity index (χ4v) is 2.45. The van der Waals surface area contributed by atoms with Gasteiger partial charge in [-0.1, -0.05) is 0 Å². The van der Waals surface area contributed by atoms with Gasteiger partial charge in [0.1, 0.15) is 11.6 Å². The summed E-state index contributed by atoms with van der Waals surface area (Å²) >= 11 is 0. The summed E-state index contributed by atoms with van der Waals surface area (Å²) in [5, 5.41) is 0.314. The summed E-state index contributed by atoms with van der Waals surface area (Å²) < 4.78 is 42.7. The average Bonchev–Trinajstić information content (AvgIpc) is 2.60. The second kappa shape index (κ2) is 6.75. The van der Waals surface area contributed by atoms with Gasteiger partial charge in [0.05, 0.1) is 17.1 Å². The lowest BCUT2D eigenvalue weighted by Crippen LogP contribution is -2.27. The molecule has 3 aromatic rings. The van der Waals surface area contributed by atoms with Crippen LogP contribution in [0.3, 0.4) is 0 Å². The largest absolute Gasteiger partial charge is 0.484 e. The molecule has 2 N–H and O–H groups in total. The molecule has 2 aromatic heterocycles. The summed E-state index contributed by atoms with van der Waals surface area (Å²) in [7, 11) is 0. The van der Waals surface area contributed by atoms with Crippen LogP contribution in [0.5, 0.6) is 5.75 Å². The molecule has 0 saturated carbocycles. The number of rotatable bonds is 4. The predicted molar refractivity (Wildman–Crippen MR) is 89.3 cm³/mol. The molecule has 2 heterocycles. The number of halogens is 3. The van der Waals surface area contributed by atoms with Crippen molar-refractivity contribution in [2.24, 2.45) is 5.73 Å². The van der Waals surface area contributed by atoms with Gasteiger partial charge in [0.25, 0.3) is 5.56 Å². The van der Waals surface area contributed by atoms with Crippen LogP contribution in [0.15, 0.2) is 47.4 Å². The number of aromatic nitrogens is 3. The van der Waals surface area contributed by atoms with Crippen LogP contribution in [-0.2, 0) is 0 Å². The second-order valence-electron chi connectivity index (χ2n) is 5.67. The topological polar surface area (TPSA) is 83.0 Å². The fraction of sp³-hybridized carbons (Fsp3) is 0.235. The van der Waals surface area contributed by atoms with Crippen molar-refractivity contribution in [1.29, 1.82) is 0 Å². The van der Waals surface area contributed by atoms with Crippen LogP contribution in [0.2, 0.25) is 0 Å². The van der Waals surface area contributed by atoms with Crippen molar-refractivity contribution in [1.82, 2.24) is 14.5 Å². The van der Waals surface area contributed by atoms with Crippen molar-refractivity contribution >= 4 is 11.0 Å². The first-order chi connectivity index (χ1) is 12.3. The highest BCUT2D eigenvalue weighted by Gasteiger charge is 2.28. The summed E-state index contributed by atoms with van der Waals surface area (Å²) in [5.41, 5.74) is 6.28. The Morgan fingerprint density at radius 1 is 1.23 bits per heavy atom. The Morgan fingerprint density at radius 3 is 2.54 bits per heavy atom. The summed E-state index contributed by atoms with van der Waals surface area (Å²) in [6.07, 6.45) is -2.90. The van der Waals surface area contributed by atoms with Gasteiger partial charge in [0.15, 0.2) is 12.3 Å². The predicted octanol–water partition coefficient (Wildman–Crippen LogP) is 2.74. The lowest BCUT2D eigenvalue weighted by atomic mass is 10.2. The molecule has 0 spiro atoms. The van der Waals surface area contributed by atoms with Crippen LogP contribution in [0.4, 0.5) is 13.2 Å². The zero-order valence-electron chi connectivity index (χ0n) is 13.7. The molecule has 3 rings (SSSR count). The summed E-state index contributed by atoms with van der Waals surface area (Å²) in [4.78, 5) is 21.3. The molecule has 26 heavy (non-hydrogen) atoms. The quantitative estimate of drug-likeness (QED) is 0.770. The number of benzene rings is 1. The van der Waals surface area contributed by atoms with Crippen molar-refractivity contribution in [3.63, 3.8) is 0 Å². The molecule has 0 aliphatic heterocycles. The highest BCUT2D eigenvalue weighted by molar-refractivity contribution is 5.73. The SMILES string of the molecule is C[C@@H](N)c1nc2ncccc2c(=O)n1-c1ccc(OCC(F)(F)F)cc1. The van der Waals surface area contributed by atoms with E-state index in [0.717, 1.165) is 0 Å². The number of hydrogen-bond donors (Lipinski definition) is 1. The minimum absolute atomic E-state index is 0.0388. The fourth-order valence-electron chi connectivity index (χ4n) is 2.45. The van der Waals surface area contributed by atoms with Gasteiger partial charge < -0.3 is 10.5 Å². The lowest BCUT2D eigenvalue weighted by molar-refractivity contribution is -0.153. The van der Waals surface area contributed by atoms with Crippen molar-refractivity contribution < 1.29 is 17.9 Å². The molecule has 0 fully saturated rings. The highest BCUT2D eigenvalue weighted by atomic mass is 19.4. The lowest BCUT2D eigenvalue weighted by Gasteiger charge is -2.16. The van der Waals surface area contributed by atoms with E-state index in [2.05, 4.69) is 14.7 Å². The van der Waals surface area contributed by atoms with Gasteiger partial charge in [-0.2, -0.15) is 13.2 Å². The molecular formula is C17H15F3N4O2. The standard InChI is InChI=1S/C17H15F3N4O2/c1-10(21)15-23-14-13(3-2-8-22-14)16(25)24(15)11-4-6-12(7-5-11)26-9-17(18,19)20/h2-8,10H,9,21H2,1H3/t10-/m1/s1. The third-order valence-electron chi connectivity index (χ3n) is 3.57. The van der Waals surface area contributed by atoms with Gasteiger partial charge in [-0.25, -0.2) is 9.97 Å². The van der Waals surface area contributed by atoms with Crippen LogP contribution in [0, 0.1) is 0 Å². The number of pyridine rings is 1. The summed E-state index contributed by atoms with van der Waals surface area (Å²) in [6.45, 7) is 0.286. The van der Waals surface area contributed by atoms with E-state index in [1.165, 1.54) is 35.0 Å². The minimum Gasteiger partial charge on any atom is -0.484 e. The van der Waals surface area contributed by atoms with E-state index in [1.807, 2.05) is 0 Å². The molecule has 136 valence electrons. The Balaban J connectivity index is 2.05. The first-order valence-electron chi connectivity index (χ1n) is 7.69. The van der Waals surface area contributed by atoms with Gasteiger partial charge >= 0.3 is 6.18 Å². The van der Waals surface area contributed by atoms with Crippen molar-refractivity contribution in [2.45, 2.75) is 19.1 Å². The van der Waals surface area contributed by atoms with E-state index in [0.29, 0.717) is 16.9 Å². The Kier molecular flexibility index (Phi) is 4.64. The maximum absolute atomic E-state index is 12.8. The molecule has 0 aliphatic rings. The van der Waals surface area contributed by atoms with E-state index >= 15 is 0 Å². The number of nitrogens with zero attached hydrogens (tertiary/aromatic N) is 3. The first-order valence-corrected chi connectivity index (χ1v) is 7.69. The molecule has 1 aromatic carbocycles. The maximum atomic E-state index is 12.8. The molecular weight excluding hydrogens is 349 g/mol. The zero-order chi connectivity index (χ0) is 18.9.